The molecule has 0 aliphatic carbocycles. The smallest absolute Gasteiger partial charge is 0.0824 e. The maximum absolute atomic E-state index is 10.3. The summed E-state index contributed by atoms with van der Waals surface area (Å²) in [6.45, 7) is 0. The molecule has 0 saturated carbocycles. The van der Waals surface area contributed by atoms with Gasteiger partial charge in [-0.05, 0) is 34.4 Å². The van der Waals surface area contributed by atoms with E-state index in [0.717, 1.165) is 11.1 Å². The van der Waals surface area contributed by atoms with Crippen LogP contribution in [0.15, 0.2) is 78.9 Å². The van der Waals surface area contributed by atoms with E-state index < -0.39 is 6.10 Å². The Labute approximate surface area is 125 Å². The van der Waals surface area contributed by atoms with E-state index in [1.165, 1.54) is 10.8 Å². The van der Waals surface area contributed by atoms with Crippen molar-refractivity contribution in [3.05, 3.63) is 90.0 Å². The summed E-state index contributed by atoms with van der Waals surface area (Å²) in [4.78, 5) is 0. The van der Waals surface area contributed by atoms with E-state index in [1.807, 2.05) is 48.6 Å². The van der Waals surface area contributed by atoms with E-state index in [2.05, 4.69) is 36.4 Å². The van der Waals surface area contributed by atoms with Crippen molar-refractivity contribution in [1.29, 1.82) is 0 Å². The standard InChI is InChI=1S/C20H18O/c21-20(12-6-9-16-7-2-1-3-8-16)19-14-13-17-10-4-5-11-18(17)15-19/h1-11,13-15,20-21H,12H2/b9-6+. The van der Waals surface area contributed by atoms with Crippen LogP contribution >= 0.6 is 0 Å². The van der Waals surface area contributed by atoms with Crippen molar-refractivity contribution in [3.63, 3.8) is 0 Å². The van der Waals surface area contributed by atoms with Gasteiger partial charge in [-0.25, -0.2) is 0 Å². The zero-order valence-electron chi connectivity index (χ0n) is 11.8. The third-order valence-corrected chi connectivity index (χ3v) is 3.63. The zero-order chi connectivity index (χ0) is 14.5. The minimum absolute atomic E-state index is 0.463. The van der Waals surface area contributed by atoms with Gasteiger partial charge in [0.1, 0.15) is 0 Å². The molecular formula is C20H18O. The molecule has 3 aromatic rings. The Balaban J connectivity index is 1.72. The van der Waals surface area contributed by atoms with Gasteiger partial charge in [-0.15, -0.1) is 0 Å². The molecule has 0 aliphatic rings. The van der Waals surface area contributed by atoms with Crippen LogP contribution in [0.2, 0.25) is 0 Å². The highest BCUT2D eigenvalue weighted by Gasteiger charge is 2.06. The van der Waals surface area contributed by atoms with Gasteiger partial charge in [-0.3, -0.25) is 0 Å². The third-order valence-electron chi connectivity index (χ3n) is 3.63. The Hall–Kier alpha value is -2.38. The predicted octanol–water partition coefficient (Wildman–Crippen LogP) is 4.98. The lowest BCUT2D eigenvalue weighted by Gasteiger charge is -2.09. The van der Waals surface area contributed by atoms with Crippen molar-refractivity contribution in [2.24, 2.45) is 0 Å². The van der Waals surface area contributed by atoms with Crippen LogP contribution in [0.1, 0.15) is 23.7 Å². The van der Waals surface area contributed by atoms with Gasteiger partial charge in [-0.2, -0.15) is 0 Å². The second-order valence-electron chi connectivity index (χ2n) is 5.17. The summed E-state index contributed by atoms with van der Waals surface area (Å²) >= 11 is 0. The van der Waals surface area contributed by atoms with Crippen LogP contribution in [-0.2, 0) is 0 Å². The summed E-state index contributed by atoms with van der Waals surface area (Å²) in [6, 6.07) is 24.5. The first-order chi connectivity index (χ1) is 10.3. The minimum atomic E-state index is -0.463. The fourth-order valence-corrected chi connectivity index (χ4v) is 2.45. The number of aliphatic hydroxyl groups is 1. The Morgan fingerprint density at radius 1 is 0.810 bits per heavy atom. The van der Waals surface area contributed by atoms with E-state index in [1.54, 1.807) is 0 Å². The predicted molar refractivity (Wildman–Crippen MR) is 89.0 cm³/mol. The monoisotopic (exact) mass is 274 g/mol. The summed E-state index contributed by atoms with van der Waals surface area (Å²) in [7, 11) is 0. The summed E-state index contributed by atoms with van der Waals surface area (Å²) in [5, 5.41) is 12.7. The first-order valence-electron chi connectivity index (χ1n) is 7.21. The lowest BCUT2D eigenvalue weighted by Crippen LogP contribution is -1.95. The Bertz CT molecular complexity index is 744. The van der Waals surface area contributed by atoms with E-state index in [9.17, 15) is 5.11 Å². The first-order valence-corrected chi connectivity index (χ1v) is 7.21. The molecule has 0 saturated heterocycles. The highest BCUT2D eigenvalue weighted by Crippen LogP contribution is 2.22. The van der Waals surface area contributed by atoms with Gasteiger partial charge in [0.15, 0.2) is 0 Å². The Morgan fingerprint density at radius 3 is 2.33 bits per heavy atom. The molecule has 0 aromatic heterocycles. The SMILES string of the molecule is OC(C/C=C/c1ccccc1)c1ccc2ccccc2c1. The second kappa shape index (κ2) is 6.38. The van der Waals surface area contributed by atoms with E-state index in [-0.39, 0.29) is 0 Å². The average molecular weight is 274 g/mol. The number of aliphatic hydroxyl groups excluding tert-OH is 1. The van der Waals surface area contributed by atoms with Crippen molar-refractivity contribution in [1.82, 2.24) is 0 Å². The average Bonchev–Trinajstić information content (AvgIpc) is 2.55. The molecule has 1 unspecified atom stereocenters. The molecule has 1 N–H and O–H groups in total. The maximum atomic E-state index is 10.3. The number of hydrogen-bond donors (Lipinski definition) is 1. The lowest BCUT2D eigenvalue weighted by molar-refractivity contribution is 0.182. The van der Waals surface area contributed by atoms with Gasteiger partial charge in [0.05, 0.1) is 6.10 Å². The van der Waals surface area contributed by atoms with Crippen molar-refractivity contribution >= 4 is 16.8 Å². The van der Waals surface area contributed by atoms with Gasteiger partial charge >= 0.3 is 0 Å². The number of fused-ring (bicyclic) bond motifs is 1. The molecule has 21 heavy (non-hydrogen) atoms. The number of benzene rings is 3. The quantitative estimate of drug-likeness (QED) is 0.711. The van der Waals surface area contributed by atoms with Gasteiger partial charge in [0, 0.05) is 0 Å². The second-order valence-corrected chi connectivity index (χ2v) is 5.17. The fourth-order valence-electron chi connectivity index (χ4n) is 2.45. The summed E-state index contributed by atoms with van der Waals surface area (Å²) < 4.78 is 0. The molecule has 0 bridgehead atoms. The highest BCUT2D eigenvalue weighted by atomic mass is 16.3. The molecule has 1 nitrogen and oxygen atoms in total. The Kier molecular flexibility index (Phi) is 4.13. The molecule has 0 heterocycles. The largest absolute Gasteiger partial charge is 0.388 e. The maximum Gasteiger partial charge on any atom is 0.0824 e. The molecule has 0 radical (unpaired) electrons. The summed E-state index contributed by atoms with van der Waals surface area (Å²) in [5.74, 6) is 0. The first kappa shape index (κ1) is 13.6. The minimum Gasteiger partial charge on any atom is -0.388 e. The van der Waals surface area contributed by atoms with E-state index >= 15 is 0 Å². The molecule has 104 valence electrons. The van der Waals surface area contributed by atoms with Gasteiger partial charge in [-0.1, -0.05) is 78.9 Å². The van der Waals surface area contributed by atoms with Crippen molar-refractivity contribution < 1.29 is 5.11 Å². The van der Waals surface area contributed by atoms with Crippen LogP contribution < -0.4 is 0 Å². The van der Waals surface area contributed by atoms with Crippen molar-refractivity contribution in [3.8, 4) is 0 Å². The molecule has 0 spiro atoms. The lowest BCUT2D eigenvalue weighted by atomic mass is 10.0. The Morgan fingerprint density at radius 2 is 1.52 bits per heavy atom. The van der Waals surface area contributed by atoms with E-state index in [0.29, 0.717) is 6.42 Å². The van der Waals surface area contributed by atoms with Crippen LogP contribution in [-0.4, -0.2) is 5.11 Å². The van der Waals surface area contributed by atoms with Crippen LogP contribution in [0.3, 0.4) is 0 Å². The number of rotatable bonds is 4. The topological polar surface area (TPSA) is 20.2 Å². The highest BCUT2D eigenvalue weighted by molar-refractivity contribution is 5.83. The zero-order valence-corrected chi connectivity index (χ0v) is 11.8. The molecule has 3 aromatic carbocycles. The van der Waals surface area contributed by atoms with Crippen molar-refractivity contribution in [2.75, 3.05) is 0 Å². The van der Waals surface area contributed by atoms with E-state index in [4.69, 9.17) is 0 Å². The summed E-state index contributed by atoms with van der Waals surface area (Å²) in [6.07, 6.45) is 4.22. The molecule has 1 heteroatoms. The molecule has 0 fully saturated rings. The van der Waals surface area contributed by atoms with Crippen LogP contribution in [0.25, 0.3) is 16.8 Å². The molecular weight excluding hydrogens is 256 g/mol. The third kappa shape index (κ3) is 3.39. The van der Waals surface area contributed by atoms with Crippen LogP contribution in [0.4, 0.5) is 0 Å². The molecule has 0 amide bonds. The fraction of sp³-hybridized carbons (Fsp3) is 0.100. The van der Waals surface area contributed by atoms with Gasteiger partial charge in [0.2, 0.25) is 0 Å². The number of hydrogen-bond acceptors (Lipinski definition) is 1. The van der Waals surface area contributed by atoms with Crippen molar-refractivity contribution in [2.45, 2.75) is 12.5 Å². The van der Waals surface area contributed by atoms with Gasteiger partial charge < -0.3 is 5.11 Å². The molecule has 1 atom stereocenters. The molecule has 3 rings (SSSR count). The van der Waals surface area contributed by atoms with Gasteiger partial charge in [0.25, 0.3) is 0 Å². The normalized spacial score (nSPS) is 12.8. The van der Waals surface area contributed by atoms with Crippen LogP contribution in [0, 0.1) is 0 Å². The molecule has 0 aliphatic heterocycles. The summed E-state index contributed by atoms with van der Waals surface area (Å²) in [5.41, 5.74) is 2.12. The van der Waals surface area contributed by atoms with Crippen LogP contribution in [0.5, 0.6) is 0 Å².